The van der Waals surface area contributed by atoms with Gasteiger partial charge in [0.05, 0.1) is 14.2 Å². The maximum absolute atomic E-state index is 11.4. The van der Waals surface area contributed by atoms with Crippen LogP contribution >= 0.6 is 23.5 Å². The lowest BCUT2D eigenvalue weighted by atomic mass is 10.2. The number of aldehydes is 1. The van der Waals surface area contributed by atoms with Crippen molar-refractivity contribution in [1.82, 2.24) is 9.97 Å². The van der Waals surface area contributed by atoms with E-state index in [-0.39, 0.29) is 0 Å². The van der Waals surface area contributed by atoms with Crippen LogP contribution in [0.1, 0.15) is 21.6 Å². The zero-order valence-corrected chi connectivity index (χ0v) is 16.7. The van der Waals surface area contributed by atoms with Crippen molar-refractivity contribution in [3.05, 3.63) is 65.4 Å². The van der Waals surface area contributed by atoms with E-state index in [0.29, 0.717) is 5.69 Å². The molecular weight excluding hydrogens is 380 g/mol. The van der Waals surface area contributed by atoms with Crippen LogP contribution in [0.2, 0.25) is 0 Å². The minimum atomic E-state index is 0.519. The number of aromatic nitrogens is 2. The molecule has 1 N–H and O–H groups in total. The van der Waals surface area contributed by atoms with Crippen molar-refractivity contribution in [2.45, 2.75) is 21.7 Å². The Morgan fingerprint density at radius 1 is 0.889 bits per heavy atom. The van der Waals surface area contributed by atoms with Crippen molar-refractivity contribution in [1.29, 1.82) is 0 Å². The lowest BCUT2D eigenvalue weighted by Gasteiger charge is -2.02. The number of imidazole rings is 1. The van der Waals surface area contributed by atoms with Gasteiger partial charge in [0.15, 0.2) is 11.4 Å². The first kappa shape index (κ1) is 19.4. The summed E-state index contributed by atoms with van der Waals surface area (Å²) in [4.78, 5) is 19.0. The van der Waals surface area contributed by atoms with Crippen LogP contribution < -0.4 is 9.47 Å². The van der Waals surface area contributed by atoms with Gasteiger partial charge in [-0.05, 0) is 35.4 Å². The molecule has 0 amide bonds. The maximum Gasteiger partial charge on any atom is 0.169 e. The van der Waals surface area contributed by atoms with Crippen LogP contribution in [0.15, 0.2) is 58.7 Å². The van der Waals surface area contributed by atoms with Crippen molar-refractivity contribution >= 4 is 29.8 Å². The predicted octanol–water partition coefficient (Wildman–Crippen LogP) is 4.82. The third kappa shape index (κ3) is 5.30. The number of carbonyl (C=O) groups excluding carboxylic acids is 1. The van der Waals surface area contributed by atoms with E-state index in [1.165, 1.54) is 0 Å². The van der Waals surface area contributed by atoms with Gasteiger partial charge >= 0.3 is 0 Å². The standard InChI is InChI=1S/C20H20N2O3S2/c1-24-16-7-3-14(4-8-16)12-26-19-18(11-23)21-20(22-19)27-13-15-5-9-17(25-2)10-6-15/h3-11H,12-13H2,1-2H3,(H,21,22). The van der Waals surface area contributed by atoms with E-state index < -0.39 is 0 Å². The topological polar surface area (TPSA) is 64.2 Å². The van der Waals surface area contributed by atoms with Crippen LogP contribution in [-0.2, 0) is 11.5 Å². The van der Waals surface area contributed by atoms with Crippen LogP contribution in [0, 0.1) is 0 Å². The summed E-state index contributed by atoms with van der Waals surface area (Å²) in [5.41, 5.74) is 2.83. The van der Waals surface area contributed by atoms with Gasteiger partial charge in [-0.3, -0.25) is 4.79 Å². The van der Waals surface area contributed by atoms with Crippen molar-refractivity contribution in [3.63, 3.8) is 0 Å². The van der Waals surface area contributed by atoms with E-state index in [4.69, 9.17) is 9.47 Å². The Hall–Kier alpha value is -2.38. The molecular formula is C20H20N2O3S2. The van der Waals surface area contributed by atoms with Gasteiger partial charge < -0.3 is 14.5 Å². The number of rotatable bonds is 9. The minimum Gasteiger partial charge on any atom is -0.497 e. The molecule has 0 fully saturated rings. The summed E-state index contributed by atoms with van der Waals surface area (Å²) in [6.07, 6.45) is 0.820. The lowest BCUT2D eigenvalue weighted by molar-refractivity contribution is 0.111. The van der Waals surface area contributed by atoms with E-state index in [2.05, 4.69) is 9.97 Å². The molecule has 140 valence electrons. The Balaban J connectivity index is 1.60. The van der Waals surface area contributed by atoms with Gasteiger partial charge in [0.1, 0.15) is 22.2 Å². The quantitative estimate of drug-likeness (QED) is 0.410. The number of aromatic amines is 1. The van der Waals surface area contributed by atoms with E-state index in [9.17, 15) is 4.79 Å². The zero-order chi connectivity index (χ0) is 19.1. The first-order valence-electron chi connectivity index (χ1n) is 8.28. The van der Waals surface area contributed by atoms with Crippen LogP contribution in [0.3, 0.4) is 0 Å². The highest BCUT2D eigenvalue weighted by Crippen LogP contribution is 2.29. The first-order valence-corrected chi connectivity index (χ1v) is 10.3. The SMILES string of the molecule is COc1ccc(CSc2nc(SCc3ccc(OC)cc3)c(C=O)[nH]2)cc1. The summed E-state index contributed by atoms with van der Waals surface area (Å²) in [7, 11) is 3.30. The Kier molecular flexibility index (Phi) is 6.84. The summed E-state index contributed by atoms with van der Waals surface area (Å²) in [5.74, 6) is 3.16. The molecule has 0 saturated carbocycles. The van der Waals surface area contributed by atoms with Crippen LogP contribution in [-0.4, -0.2) is 30.5 Å². The molecule has 5 nitrogen and oxygen atoms in total. The van der Waals surface area contributed by atoms with Crippen LogP contribution in [0.25, 0.3) is 0 Å². The predicted molar refractivity (Wildman–Crippen MR) is 109 cm³/mol. The number of nitrogens with one attached hydrogen (secondary N) is 1. The first-order chi connectivity index (χ1) is 13.2. The molecule has 0 saturated heterocycles. The molecule has 0 atom stereocenters. The van der Waals surface area contributed by atoms with Gasteiger partial charge in [0.25, 0.3) is 0 Å². The van der Waals surface area contributed by atoms with Gasteiger partial charge in [0.2, 0.25) is 0 Å². The molecule has 1 aromatic heterocycles. The number of hydrogen-bond donors (Lipinski definition) is 1. The lowest BCUT2D eigenvalue weighted by Crippen LogP contribution is -1.86. The number of thioether (sulfide) groups is 2. The van der Waals surface area contributed by atoms with Gasteiger partial charge in [-0.1, -0.05) is 47.8 Å². The normalized spacial score (nSPS) is 10.6. The van der Waals surface area contributed by atoms with E-state index in [1.807, 2.05) is 48.5 Å². The fourth-order valence-electron chi connectivity index (χ4n) is 2.35. The summed E-state index contributed by atoms with van der Waals surface area (Å²) in [5, 5.41) is 1.46. The maximum atomic E-state index is 11.4. The average molecular weight is 401 g/mol. The molecule has 3 rings (SSSR count). The van der Waals surface area contributed by atoms with Crippen LogP contribution in [0.5, 0.6) is 11.5 Å². The number of carbonyl (C=O) groups is 1. The molecule has 7 heteroatoms. The summed E-state index contributed by atoms with van der Waals surface area (Å²) in [6.45, 7) is 0. The van der Waals surface area contributed by atoms with Gasteiger partial charge in [0, 0.05) is 11.5 Å². The molecule has 1 heterocycles. The molecule has 0 aliphatic carbocycles. The molecule has 27 heavy (non-hydrogen) atoms. The highest BCUT2D eigenvalue weighted by molar-refractivity contribution is 7.99. The molecule has 0 aliphatic rings. The highest BCUT2D eigenvalue weighted by Gasteiger charge is 2.11. The summed E-state index contributed by atoms with van der Waals surface area (Å²) >= 11 is 3.11. The van der Waals surface area contributed by atoms with E-state index in [1.54, 1.807) is 37.7 Å². The number of hydrogen-bond acceptors (Lipinski definition) is 6. The van der Waals surface area contributed by atoms with Crippen molar-refractivity contribution in [3.8, 4) is 11.5 Å². The second-order valence-electron chi connectivity index (χ2n) is 5.65. The van der Waals surface area contributed by atoms with Gasteiger partial charge in [-0.15, -0.1) is 0 Å². The Bertz CT molecular complexity index is 877. The van der Waals surface area contributed by atoms with Crippen LogP contribution in [0.4, 0.5) is 0 Å². The van der Waals surface area contributed by atoms with Gasteiger partial charge in [-0.25, -0.2) is 4.98 Å². The fourth-order valence-corrected chi connectivity index (χ4v) is 4.15. The smallest absolute Gasteiger partial charge is 0.169 e. The molecule has 0 spiro atoms. The van der Waals surface area contributed by atoms with Crippen molar-refractivity contribution in [2.24, 2.45) is 0 Å². The number of benzene rings is 2. The number of methoxy groups -OCH3 is 2. The minimum absolute atomic E-state index is 0.519. The number of H-pyrrole nitrogens is 1. The van der Waals surface area contributed by atoms with Crippen molar-refractivity contribution in [2.75, 3.05) is 14.2 Å². The monoisotopic (exact) mass is 400 g/mol. The highest BCUT2D eigenvalue weighted by atomic mass is 32.2. The Labute approximate surface area is 166 Å². The third-order valence-corrected chi connectivity index (χ3v) is 5.87. The number of ether oxygens (including phenoxy) is 2. The third-order valence-electron chi connectivity index (χ3n) is 3.86. The number of nitrogens with zero attached hydrogens (tertiary/aromatic N) is 1. The fraction of sp³-hybridized carbons (Fsp3) is 0.200. The summed E-state index contributed by atoms with van der Waals surface area (Å²) in [6, 6.07) is 15.8. The van der Waals surface area contributed by atoms with E-state index in [0.717, 1.165) is 50.6 Å². The molecule has 0 aliphatic heterocycles. The zero-order valence-electron chi connectivity index (χ0n) is 15.1. The van der Waals surface area contributed by atoms with Gasteiger partial charge in [-0.2, -0.15) is 0 Å². The molecule has 2 aromatic carbocycles. The Morgan fingerprint density at radius 3 is 1.89 bits per heavy atom. The molecule has 0 bridgehead atoms. The molecule has 3 aromatic rings. The Morgan fingerprint density at radius 2 is 1.41 bits per heavy atom. The van der Waals surface area contributed by atoms with Crippen molar-refractivity contribution < 1.29 is 14.3 Å². The molecule has 0 radical (unpaired) electrons. The second-order valence-corrected chi connectivity index (χ2v) is 7.58. The largest absolute Gasteiger partial charge is 0.497 e. The summed E-state index contributed by atoms with van der Waals surface area (Å²) < 4.78 is 10.3. The molecule has 0 unspecified atom stereocenters. The van der Waals surface area contributed by atoms with E-state index >= 15 is 0 Å². The average Bonchev–Trinajstić information content (AvgIpc) is 3.13. The second kappa shape index (κ2) is 9.53.